The average molecular weight is 396 g/mol. The number of rotatable bonds is 3. The molecule has 0 bridgehead atoms. The highest BCUT2D eigenvalue weighted by Gasteiger charge is 2.43. The Morgan fingerprint density at radius 2 is 1.20 bits per heavy atom. The molecule has 2 atom stereocenters. The number of likely N-dealkylation sites (N-methyl/N-ethyl adjacent to an activating group) is 1. The molecule has 0 radical (unpaired) electrons. The third-order valence-electron chi connectivity index (χ3n) is 6.11. The molecule has 0 aromatic heterocycles. The van der Waals surface area contributed by atoms with Crippen LogP contribution in [-0.4, -0.2) is 41.1 Å². The van der Waals surface area contributed by atoms with Gasteiger partial charge in [-0.15, -0.1) is 0 Å². The first-order valence-corrected chi connectivity index (χ1v) is 9.94. The molecule has 0 aliphatic carbocycles. The van der Waals surface area contributed by atoms with Crippen molar-refractivity contribution in [3.63, 3.8) is 0 Å². The van der Waals surface area contributed by atoms with Crippen molar-refractivity contribution < 1.29 is 14.4 Å². The van der Waals surface area contributed by atoms with E-state index in [1.54, 1.807) is 36.2 Å². The Balaban J connectivity index is 1.61. The summed E-state index contributed by atoms with van der Waals surface area (Å²) in [5.41, 5.74) is 3.34. The van der Waals surface area contributed by atoms with Crippen molar-refractivity contribution in [3.05, 3.63) is 107 Å². The fraction of sp³-hybridized carbons (Fsp3) is 0.160. The topological polar surface area (TPSA) is 57.7 Å². The van der Waals surface area contributed by atoms with Crippen molar-refractivity contribution in [2.24, 2.45) is 0 Å². The molecule has 148 valence electrons. The van der Waals surface area contributed by atoms with E-state index in [1.165, 1.54) is 4.90 Å². The zero-order chi connectivity index (χ0) is 20.8. The van der Waals surface area contributed by atoms with Crippen molar-refractivity contribution in [3.8, 4) is 0 Å². The first kappa shape index (κ1) is 18.3. The second-order valence-electron chi connectivity index (χ2n) is 7.73. The molecule has 30 heavy (non-hydrogen) atoms. The average Bonchev–Trinajstić information content (AvgIpc) is 3.03. The first-order valence-electron chi connectivity index (χ1n) is 9.94. The van der Waals surface area contributed by atoms with E-state index in [0.717, 1.165) is 11.1 Å². The number of hydrogen-bond donors (Lipinski definition) is 0. The molecule has 2 aliphatic rings. The van der Waals surface area contributed by atoms with Crippen LogP contribution in [-0.2, 0) is 0 Å². The van der Waals surface area contributed by atoms with Gasteiger partial charge in [0.1, 0.15) is 0 Å². The lowest BCUT2D eigenvalue weighted by molar-refractivity contribution is 0.0575. The standard InChI is InChI=1S/C25H20N2O3/c1-26-22(16-9-3-2-4-10-16)21(17-11-5-6-12-18(17)23(26)28)15-27-24(29)19-13-7-8-14-20(19)25(27)30/h2-14,21-22H,15H2,1H3/t21-,22+/m1/s1. The van der Waals surface area contributed by atoms with Gasteiger partial charge in [0, 0.05) is 25.1 Å². The van der Waals surface area contributed by atoms with Crippen LogP contribution in [0.2, 0.25) is 0 Å². The summed E-state index contributed by atoms with van der Waals surface area (Å²) < 4.78 is 0. The van der Waals surface area contributed by atoms with Crippen LogP contribution in [0.15, 0.2) is 78.9 Å². The maximum atomic E-state index is 13.1. The summed E-state index contributed by atoms with van der Waals surface area (Å²) in [5, 5.41) is 0. The number of amides is 3. The highest BCUT2D eigenvalue weighted by molar-refractivity contribution is 6.21. The van der Waals surface area contributed by atoms with Gasteiger partial charge < -0.3 is 4.90 Å². The fourth-order valence-corrected chi connectivity index (χ4v) is 4.68. The molecular weight excluding hydrogens is 376 g/mol. The number of fused-ring (bicyclic) bond motifs is 2. The molecule has 3 aromatic carbocycles. The Morgan fingerprint density at radius 1 is 0.667 bits per heavy atom. The smallest absolute Gasteiger partial charge is 0.261 e. The lowest BCUT2D eigenvalue weighted by Gasteiger charge is -2.41. The number of carbonyl (C=O) groups excluding carboxylic acids is 3. The maximum Gasteiger partial charge on any atom is 0.261 e. The van der Waals surface area contributed by atoms with E-state index in [1.807, 2.05) is 54.6 Å². The van der Waals surface area contributed by atoms with Crippen LogP contribution in [0.25, 0.3) is 0 Å². The molecule has 5 heteroatoms. The van der Waals surface area contributed by atoms with Gasteiger partial charge in [0.05, 0.1) is 17.2 Å². The minimum absolute atomic E-state index is 0.0573. The zero-order valence-corrected chi connectivity index (χ0v) is 16.5. The summed E-state index contributed by atoms with van der Waals surface area (Å²) in [4.78, 5) is 42.1. The summed E-state index contributed by atoms with van der Waals surface area (Å²) in [5.74, 6) is -0.842. The molecule has 2 heterocycles. The normalized spacial score (nSPS) is 20.4. The zero-order valence-electron chi connectivity index (χ0n) is 16.5. The highest BCUT2D eigenvalue weighted by Crippen LogP contribution is 2.43. The largest absolute Gasteiger partial charge is 0.334 e. The highest BCUT2D eigenvalue weighted by atomic mass is 16.2. The van der Waals surface area contributed by atoms with Gasteiger partial charge in [-0.3, -0.25) is 19.3 Å². The summed E-state index contributed by atoms with van der Waals surface area (Å²) >= 11 is 0. The molecule has 0 saturated carbocycles. The van der Waals surface area contributed by atoms with Gasteiger partial charge in [0.2, 0.25) is 0 Å². The van der Waals surface area contributed by atoms with E-state index in [2.05, 4.69) is 0 Å². The number of hydrogen-bond acceptors (Lipinski definition) is 3. The van der Waals surface area contributed by atoms with Crippen LogP contribution in [0, 0.1) is 0 Å². The minimum Gasteiger partial charge on any atom is -0.334 e. The third-order valence-corrected chi connectivity index (χ3v) is 6.11. The van der Waals surface area contributed by atoms with Gasteiger partial charge in [-0.1, -0.05) is 60.7 Å². The third kappa shape index (κ3) is 2.66. The first-order chi connectivity index (χ1) is 14.6. The van der Waals surface area contributed by atoms with Gasteiger partial charge >= 0.3 is 0 Å². The maximum absolute atomic E-state index is 13.1. The van der Waals surface area contributed by atoms with Crippen molar-refractivity contribution in [2.75, 3.05) is 13.6 Å². The van der Waals surface area contributed by atoms with Crippen LogP contribution in [0.5, 0.6) is 0 Å². The van der Waals surface area contributed by atoms with Crippen LogP contribution >= 0.6 is 0 Å². The molecule has 5 rings (SSSR count). The Bertz CT molecular complexity index is 1140. The van der Waals surface area contributed by atoms with E-state index in [0.29, 0.717) is 16.7 Å². The SMILES string of the molecule is CN1C(=O)c2ccccc2[C@@H](CN2C(=O)c3ccccc3C2=O)[C@@H]1c1ccccc1. The monoisotopic (exact) mass is 396 g/mol. The Hall–Kier alpha value is -3.73. The summed E-state index contributed by atoms with van der Waals surface area (Å²) in [6.07, 6.45) is 0. The number of benzene rings is 3. The van der Waals surface area contributed by atoms with Crippen LogP contribution in [0.4, 0.5) is 0 Å². The van der Waals surface area contributed by atoms with Gasteiger partial charge in [0.25, 0.3) is 17.7 Å². The molecule has 0 saturated heterocycles. The molecule has 3 aromatic rings. The van der Waals surface area contributed by atoms with Crippen molar-refractivity contribution in [1.82, 2.24) is 9.80 Å². The molecular formula is C25H20N2O3. The van der Waals surface area contributed by atoms with Crippen LogP contribution in [0.1, 0.15) is 54.2 Å². The van der Waals surface area contributed by atoms with E-state index >= 15 is 0 Å². The number of nitrogens with zero attached hydrogens (tertiary/aromatic N) is 2. The van der Waals surface area contributed by atoms with Crippen LogP contribution in [0.3, 0.4) is 0 Å². The molecule has 3 amide bonds. The fourth-order valence-electron chi connectivity index (χ4n) is 4.68. The van der Waals surface area contributed by atoms with Gasteiger partial charge in [0.15, 0.2) is 0 Å². The second-order valence-corrected chi connectivity index (χ2v) is 7.73. The van der Waals surface area contributed by atoms with E-state index in [9.17, 15) is 14.4 Å². The van der Waals surface area contributed by atoms with Gasteiger partial charge in [-0.25, -0.2) is 0 Å². The summed E-state index contributed by atoms with van der Waals surface area (Å²) in [6.45, 7) is 0.209. The Labute approximate surface area is 174 Å². The van der Waals surface area contributed by atoms with E-state index in [4.69, 9.17) is 0 Å². The molecule has 0 spiro atoms. The predicted octanol–water partition coefficient (Wildman–Crippen LogP) is 3.89. The quantitative estimate of drug-likeness (QED) is 0.631. The number of carbonyl (C=O) groups is 3. The molecule has 5 nitrogen and oxygen atoms in total. The Kier molecular flexibility index (Phi) is 4.24. The molecule has 0 fully saturated rings. The summed E-state index contributed by atoms with van der Waals surface area (Å²) in [7, 11) is 1.78. The van der Waals surface area contributed by atoms with E-state index in [-0.39, 0.29) is 36.2 Å². The lowest BCUT2D eigenvalue weighted by atomic mass is 9.79. The summed E-state index contributed by atoms with van der Waals surface area (Å²) in [6, 6.07) is 23.9. The van der Waals surface area contributed by atoms with E-state index < -0.39 is 0 Å². The lowest BCUT2D eigenvalue weighted by Crippen LogP contribution is -2.45. The molecule has 2 aliphatic heterocycles. The predicted molar refractivity (Wildman–Crippen MR) is 112 cm³/mol. The van der Waals surface area contributed by atoms with Gasteiger partial charge in [-0.05, 0) is 29.3 Å². The minimum atomic E-state index is -0.280. The molecule has 0 N–H and O–H groups in total. The van der Waals surface area contributed by atoms with Crippen molar-refractivity contribution >= 4 is 17.7 Å². The number of imide groups is 1. The molecule has 0 unspecified atom stereocenters. The van der Waals surface area contributed by atoms with Crippen LogP contribution < -0.4 is 0 Å². The van der Waals surface area contributed by atoms with Gasteiger partial charge in [-0.2, -0.15) is 0 Å². The van der Waals surface area contributed by atoms with Crippen molar-refractivity contribution in [1.29, 1.82) is 0 Å². The van der Waals surface area contributed by atoms with Crippen molar-refractivity contribution in [2.45, 2.75) is 12.0 Å². The Morgan fingerprint density at radius 3 is 1.83 bits per heavy atom. The second kappa shape index (κ2) is 6.95.